The van der Waals surface area contributed by atoms with Gasteiger partial charge < -0.3 is 9.84 Å². The maximum absolute atomic E-state index is 13.0. The van der Waals surface area contributed by atoms with Crippen molar-refractivity contribution in [3.8, 4) is 22.5 Å². The van der Waals surface area contributed by atoms with Gasteiger partial charge in [0.15, 0.2) is 0 Å². The lowest BCUT2D eigenvalue weighted by Crippen LogP contribution is -2.14. The molecule has 0 aliphatic heterocycles. The molecule has 0 aliphatic rings. The number of hydrogen-bond donors (Lipinski definition) is 1. The zero-order valence-corrected chi connectivity index (χ0v) is 17.8. The molecular weight excluding hydrogens is 455 g/mol. The highest BCUT2D eigenvalue weighted by atomic mass is 35.5. The molecule has 0 fully saturated rings. The lowest BCUT2D eigenvalue weighted by atomic mass is 10.0. The summed E-state index contributed by atoms with van der Waals surface area (Å²) in [7, 11) is 0. The molecule has 168 valence electrons. The second kappa shape index (κ2) is 9.46. The van der Waals surface area contributed by atoms with Crippen LogP contribution in [0, 0.1) is 0 Å². The van der Waals surface area contributed by atoms with E-state index in [0.717, 1.165) is 28.8 Å². The predicted octanol–water partition coefficient (Wildman–Crippen LogP) is 6.65. The van der Waals surface area contributed by atoms with Crippen molar-refractivity contribution < 1.29 is 22.5 Å². The highest BCUT2D eigenvalue weighted by molar-refractivity contribution is 6.31. The van der Waals surface area contributed by atoms with Crippen molar-refractivity contribution in [3.63, 3.8) is 0 Å². The summed E-state index contributed by atoms with van der Waals surface area (Å²) in [5.41, 5.74) is 1.89. The van der Waals surface area contributed by atoms with Gasteiger partial charge in [-0.2, -0.15) is 18.2 Å². The number of aromatic nitrogens is 2. The van der Waals surface area contributed by atoms with Crippen LogP contribution in [0.4, 0.5) is 18.9 Å². The number of aryl methyl sites for hydroxylation is 1. The van der Waals surface area contributed by atoms with Crippen molar-refractivity contribution in [3.05, 3.63) is 89.3 Å². The summed E-state index contributed by atoms with van der Waals surface area (Å²) in [5.74, 6) is 0.148. The number of nitrogens with zero attached hydrogens (tertiary/aromatic N) is 2. The first-order valence-corrected chi connectivity index (χ1v) is 10.3. The summed E-state index contributed by atoms with van der Waals surface area (Å²) < 4.78 is 44.1. The summed E-state index contributed by atoms with van der Waals surface area (Å²) in [6.07, 6.45) is -4.52. The Morgan fingerprint density at radius 2 is 1.61 bits per heavy atom. The van der Waals surface area contributed by atoms with Gasteiger partial charge >= 0.3 is 6.18 Å². The van der Waals surface area contributed by atoms with Crippen LogP contribution in [-0.4, -0.2) is 16.0 Å². The molecule has 0 aliphatic carbocycles. The minimum Gasteiger partial charge on any atom is -0.339 e. The number of hydrogen-bond acceptors (Lipinski definition) is 4. The number of benzene rings is 3. The van der Waals surface area contributed by atoms with E-state index in [0.29, 0.717) is 5.82 Å². The topological polar surface area (TPSA) is 68.0 Å². The van der Waals surface area contributed by atoms with E-state index in [-0.39, 0.29) is 24.4 Å². The third kappa shape index (κ3) is 5.59. The Labute approximate surface area is 192 Å². The molecule has 5 nitrogen and oxygen atoms in total. The van der Waals surface area contributed by atoms with E-state index >= 15 is 0 Å². The number of amides is 1. The molecule has 0 bridgehead atoms. The Kier molecular flexibility index (Phi) is 6.46. The maximum Gasteiger partial charge on any atom is 0.417 e. The van der Waals surface area contributed by atoms with Gasteiger partial charge in [0.05, 0.1) is 10.6 Å². The van der Waals surface area contributed by atoms with Crippen molar-refractivity contribution >= 4 is 23.2 Å². The molecular formula is C24H17ClF3N3O2. The van der Waals surface area contributed by atoms with Gasteiger partial charge in [-0.25, -0.2) is 0 Å². The lowest BCUT2D eigenvalue weighted by Gasteiger charge is -2.11. The normalized spacial score (nSPS) is 11.4. The second-order valence-corrected chi connectivity index (χ2v) is 7.60. The molecule has 0 unspecified atom stereocenters. The fraction of sp³-hybridized carbons (Fsp3) is 0.125. The van der Waals surface area contributed by atoms with Crippen molar-refractivity contribution in [1.82, 2.24) is 10.1 Å². The third-order valence-corrected chi connectivity index (χ3v) is 5.17. The summed E-state index contributed by atoms with van der Waals surface area (Å²) in [5, 5.41) is 5.93. The van der Waals surface area contributed by atoms with E-state index in [9.17, 15) is 18.0 Å². The van der Waals surface area contributed by atoms with E-state index in [1.807, 2.05) is 54.6 Å². The van der Waals surface area contributed by atoms with Crippen molar-refractivity contribution in [2.24, 2.45) is 0 Å². The number of nitrogens with one attached hydrogen (secondary N) is 1. The first-order chi connectivity index (χ1) is 15.8. The monoisotopic (exact) mass is 471 g/mol. The minimum atomic E-state index is -4.61. The summed E-state index contributed by atoms with van der Waals surface area (Å²) >= 11 is 5.59. The van der Waals surface area contributed by atoms with Gasteiger partial charge in [0.1, 0.15) is 0 Å². The fourth-order valence-corrected chi connectivity index (χ4v) is 3.40. The van der Waals surface area contributed by atoms with Gasteiger partial charge in [-0.15, -0.1) is 0 Å². The van der Waals surface area contributed by atoms with Crippen LogP contribution >= 0.6 is 11.6 Å². The van der Waals surface area contributed by atoms with Crippen LogP contribution in [0.2, 0.25) is 5.02 Å². The van der Waals surface area contributed by atoms with Crippen LogP contribution in [0.5, 0.6) is 0 Å². The molecule has 0 saturated heterocycles. The van der Waals surface area contributed by atoms with E-state index < -0.39 is 22.7 Å². The molecule has 0 saturated carbocycles. The van der Waals surface area contributed by atoms with E-state index in [1.165, 1.54) is 6.07 Å². The third-order valence-electron chi connectivity index (χ3n) is 4.84. The maximum atomic E-state index is 13.0. The Bertz CT molecular complexity index is 1260. The van der Waals surface area contributed by atoms with Crippen molar-refractivity contribution in [2.75, 3.05) is 5.32 Å². The van der Waals surface area contributed by atoms with Crippen LogP contribution in [0.3, 0.4) is 0 Å². The number of alkyl halides is 3. The van der Waals surface area contributed by atoms with Gasteiger partial charge in [0.2, 0.25) is 17.6 Å². The highest BCUT2D eigenvalue weighted by Gasteiger charge is 2.33. The Morgan fingerprint density at radius 1 is 0.939 bits per heavy atom. The molecule has 3 aromatic carbocycles. The number of carbonyl (C=O) groups excluding carboxylic acids is 1. The van der Waals surface area contributed by atoms with E-state index in [1.54, 1.807) is 0 Å². The van der Waals surface area contributed by atoms with Crippen LogP contribution < -0.4 is 5.32 Å². The van der Waals surface area contributed by atoms with Gasteiger partial charge in [0.25, 0.3) is 0 Å². The van der Waals surface area contributed by atoms with Crippen LogP contribution in [0.1, 0.15) is 17.9 Å². The highest BCUT2D eigenvalue weighted by Crippen LogP contribution is 2.36. The molecule has 4 aromatic rings. The first kappa shape index (κ1) is 22.5. The molecule has 4 rings (SSSR count). The minimum absolute atomic E-state index is 0.00134. The molecule has 0 radical (unpaired) electrons. The number of halogens is 4. The lowest BCUT2D eigenvalue weighted by molar-refractivity contribution is -0.137. The van der Waals surface area contributed by atoms with E-state index in [4.69, 9.17) is 16.1 Å². The smallest absolute Gasteiger partial charge is 0.339 e. The standard InChI is InChI=1S/C24H17ClF3N3O2/c25-20-11-10-18(14-19(20)24(26,27)28)29-21(32)12-13-22-30-23(31-33-22)17-8-6-16(7-9-17)15-4-2-1-3-5-15/h1-11,14H,12-13H2,(H,29,32). The zero-order valence-electron chi connectivity index (χ0n) is 17.1. The predicted molar refractivity (Wildman–Crippen MR) is 119 cm³/mol. The Balaban J connectivity index is 1.36. The van der Waals surface area contributed by atoms with E-state index in [2.05, 4.69) is 15.5 Å². The molecule has 1 N–H and O–H groups in total. The molecule has 0 atom stereocenters. The number of rotatable bonds is 6. The van der Waals surface area contributed by atoms with Crippen molar-refractivity contribution in [2.45, 2.75) is 19.0 Å². The molecule has 9 heteroatoms. The quantitative estimate of drug-likeness (QED) is 0.342. The first-order valence-electron chi connectivity index (χ1n) is 9.94. The molecule has 33 heavy (non-hydrogen) atoms. The van der Waals surface area contributed by atoms with Crippen LogP contribution in [-0.2, 0) is 17.4 Å². The second-order valence-electron chi connectivity index (χ2n) is 7.20. The number of carbonyl (C=O) groups is 1. The average molecular weight is 472 g/mol. The van der Waals surface area contributed by atoms with Crippen molar-refractivity contribution in [1.29, 1.82) is 0 Å². The molecule has 1 heterocycles. The fourth-order valence-electron chi connectivity index (χ4n) is 3.18. The molecule has 1 aromatic heterocycles. The molecule has 0 spiro atoms. The Morgan fingerprint density at radius 3 is 2.30 bits per heavy atom. The number of anilines is 1. The Hall–Kier alpha value is -3.65. The van der Waals surface area contributed by atoms with Gasteiger partial charge in [0, 0.05) is 24.1 Å². The molecule has 1 amide bonds. The van der Waals surface area contributed by atoms with Gasteiger partial charge in [-0.3, -0.25) is 4.79 Å². The summed E-state index contributed by atoms with van der Waals surface area (Å²) in [6.45, 7) is 0. The zero-order chi connectivity index (χ0) is 23.4. The van der Waals surface area contributed by atoms with Crippen LogP contribution in [0.15, 0.2) is 77.3 Å². The van der Waals surface area contributed by atoms with Crippen LogP contribution in [0.25, 0.3) is 22.5 Å². The summed E-state index contributed by atoms with van der Waals surface area (Å²) in [4.78, 5) is 16.5. The summed E-state index contributed by atoms with van der Waals surface area (Å²) in [6, 6.07) is 20.8. The average Bonchev–Trinajstić information content (AvgIpc) is 3.28. The van der Waals surface area contributed by atoms with Gasteiger partial charge in [-0.05, 0) is 29.3 Å². The largest absolute Gasteiger partial charge is 0.417 e. The SMILES string of the molecule is O=C(CCc1nc(-c2ccc(-c3ccccc3)cc2)no1)Nc1ccc(Cl)c(C(F)(F)F)c1. The van der Waals surface area contributed by atoms with Gasteiger partial charge in [-0.1, -0.05) is 71.4 Å².